The second-order valence-electron chi connectivity index (χ2n) is 4.03. The molecule has 1 N–H and O–H groups in total. The fourth-order valence-corrected chi connectivity index (χ4v) is 2.11. The molecule has 2 heterocycles. The molecule has 1 amide bonds. The van der Waals surface area contributed by atoms with Gasteiger partial charge in [-0.25, -0.2) is 0 Å². The zero-order valence-corrected chi connectivity index (χ0v) is 8.66. The van der Waals surface area contributed by atoms with Gasteiger partial charge in [-0.1, -0.05) is 0 Å². The van der Waals surface area contributed by atoms with E-state index in [-0.39, 0.29) is 18.2 Å². The van der Waals surface area contributed by atoms with Crippen LogP contribution < -0.4 is 5.32 Å². The Morgan fingerprint density at radius 1 is 1.50 bits per heavy atom. The van der Waals surface area contributed by atoms with Crippen LogP contribution in [0.15, 0.2) is 0 Å². The van der Waals surface area contributed by atoms with Gasteiger partial charge in [-0.05, 0) is 32.7 Å². The lowest BCUT2D eigenvalue weighted by Gasteiger charge is -2.28. The Labute approximate surface area is 84.6 Å². The van der Waals surface area contributed by atoms with Crippen molar-refractivity contribution < 1.29 is 9.53 Å². The minimum absolute atomic E-state index is 0.0462. The number of hydrogen-bond acceptors (Lipinski definition) is 3. The van der Waals surface area contributed by atoms with E-state index in [1.807, 2.05) is 11.8 Å². The molecule has 0 aromatic rings. The van der Waals surface area contributed by atoms with Gasteiger partial charge in [-0.2, -0.15) is 0 Å². The molecule has 4 heteroatoms. The molecule has 2 atom stereocenters. The van der Waals surface area contributed by atoms with Gasteiger partial charge in [-0.15, -0.1) is 0 Å². The Bertz CT molecular complexity index is 214. The molecule has 2 fully saturated rings. The zero-order valence-electron chi connectivity index (χ0n) is 8.66. The van der Waals surface area contributed by atoms with E-state index in [2.05, 4.69) is 5.32 Å². The van der Waals surface area contributed by atoms with E-state index in [1.54, 1.807) is 0 Å². The highest BCUT2D eigenvalue weighted by Crippen LogP contribution is 2.18. The van der Waals surface area contributed by atoms with Crippen LogP contribution in [0.2, 0.25) is 0 Å². The number of carbonyl (C=O) groups excluding carboxylic acids is 1. The molecule has 2 unspecified atom stereocenters. The van der Waals surface area contributed by atoms with E-state index in [4.69, 9.17) is 4.74 Å². The predicted octanol–water partition coefficient (Wildman–Crippen LogP) is 0.333. The molecule has 14 heavy (non-hydrogen) atoms. The Morgan fingerprint density at radius 3 is 3.07 bits per heavy atom. The SMILES string of the molecule is CC1NCCCN(C2CCCO2)C1=O. The Morgan fingerprint density at radius 2 is 2.36 bits per heavy atom. The van der Waals surface area contributed by atoms with E-state index in [0.29, 0.717) is 0 Å². The van der Waals surface area contributed by atoms with Crippen molar-refractivity contribution in [3.05, 3.63) is 0 Å². The molecule has 0 spiro atoms. The maximum atomic E-state index is 11.9. The number of nitrogens with one attached hydrogen (secondary N) is 1. The summed E-state index contributed by atoms with van der Waals surface area (Å²) < 4.78 is 5.54. The Kier molecular flexibility index (Phi) is 3.03. The van der Waals surface area contributed by atoms with Crippen LogP contribution >= 0.6 is 0 Å². The summed E-state index contributed by atoms with van der Waals surface area (Å²) in [5, 5.41) is 3.20. The van der Waals surface area contributed by atoms with E-state index >= 15 is 0 Å². The maximum Gasteiger partial charge on any atom is 0.241 e. The highest BCUT2D eigenvalue weighted by Gasteiger charge is 2.31. The first-order chi connectivity index (χ1) is 6.79. The number of carbonyl (C=O) groups is 1. The highest BCUT2D eigenvalue weighted by molar-refractivity contribution is 5.81. The molecular weight excluding hydrogens is 180 g/mol. The molecule has 2 rings (SSSR count). The van der Waals surface area contributed by atoms with Crippen molar-refractivity contribution in [3.8, 4) is 0 Å². The Balaban J connectivity index is 2.03. The number of amides is 1. The summed E-state index contributed by atoms with van der Waals surface area (Å²) in [6.07, 6.45) is 3.15. The number of nitrogens with zero attached hydrogens (tertiary/aromatic N) is 1. The van der Waals surface area contributed by atoms with Gasteiger partial charge in [0.2, 0.25) is 5.91 Å². The second kappa shape index (κ2) is 4.28. The van der Waals surface area contributed by atoms with Gasteiger partial charge in [0, 0.05) is 13.2 Å². The summed E-state index contributed by atoms with van der Waals surface area (Å²) in [7, 11) is 0. The van der Waals surface area contributed by atoms with Crippen molar-refractivity contribution in [2.45, 2.75) is 38.5 Å². The van der Waals surface area contributed by atoms with Crippen molar-refractivity contribution in [3.63, 3.8) is 0 Å². The molecule has 0 aromatic heterocycles. The van der Waals surface area contributed by atoms with E-state index < -0.39 is 0 Å². The molecule has 0 radical (unpaired) electrons. The third kappa shape index (κ3) is 1.91. The lowest BCUT2D eigenvalue weighted by molar-refractivity contribution is -0.143. The van der Waals surface area contributed by atoms with Gasteiger partial charge in [0.15, 0.2) is 0 Å². The average molecular weight is 198 g/mol. The fraction of sp³-hybridized carbons (Fsp3) is 0.900. The van der Waals surface area contributed by atoms with Gasteiger partial charge in [-0.3, -0.25) is 4.79 Å². The third-order valence-corrected chi connectivity index (χ3v) is 2.93. The largest absolute Gasteiger partial charge is 0.358 e. The minimum Gasteiger partial charge on any atom is -0.358 e. The summed E-state index contributed by atoms with van der Waals surface area (Å²) in [4.78, 5) is 13.8. The zero-order chi connectivity index (χ0) is 9.97. The highest BCUT2D eigenvalue weighted by atomic mass is 16.5. The Hall–Kier alpha value is -0.610. The van der Waals surface area contributed by atoms with Crippen LogP contribution in [0, 0.1) is 0 Å². The second-order valence-corrected chi connectivity index (χ2v) is 4.03. The van der Waals surface area contributed by atoms with Crippen LogP contribution in [0.4, 0.5) is 0 Å². The molecule has 80 valence electrons. The molecule has 2 aliphatic rings. The number of hydrogen-bond donors (Lipinski definition) is 1. The first-order valence-electron chi connectivity index (χ1n) is 5.44. The van der Waals surface area contributed by atoms with E-state index in [1.165, 1.54) is 0 Å². The summed E-state index contributed by atoms with van der Waals surface area (Å²) in [6, 6.07) is -0.0540. The normalized spacial score (nSPS) is 34.6. The molecule has 0 aromatic carbocycles. The molecule has 0 aliphatic carbocycles. The standard InChI is InChI=1S/C10H18N2O2/c1-8-10(13)12(6-3-5-11-8)9-4-2-7-14-9/h8-9,11H,2-7H2,1H3. The smallest absolute Gasteiger partial charge is 0.241 e. The van der Waals surface area contributed by atoms with E-state index in [0.717, 1.165) is 39.0 Å². The first kappa shape index (κ1) is 9.93. The lowest BCUT2D eigenvalue weighted by Crippen LogP contribution is -2.46. The summed E-state index contributed by atoms with van der Waals surface area (Å²) in [5.41, 5.74) is 0. The van der Waals surface area contributed by atoms with Crippen LogP contribution in [0.3, 0.4) is 0 Å². The predicted molar refractivity (Wildman–Crippen MR) is 52.8 cm³/mol. The molecular formula is C10H18N2O2. The van der Waals surface area contributed by atoms with Crippen LogP contribution in [-0.2, 0) is 9.53 Å². The van der Waals surface area contributed by atoms with Gasteiger partial charge >= 0.3 is 0 Å². The van der Waals surface area contributed by atoms with Crippen LogP contribution in [0.25, 0.3) is 0 Å². The number of ether oxygens (including phenoxy) is 1. The van der Waals surface area contributed by atoms with Crippen molar-refractivity contribution in [1.82, 2.24) is 10.2 Å². The van der Waals surface area contributed by atoms with Gasteiger partial charge in [0.05, 0.1) is 6.04 Å². The van der Waals surface area contributed by atoms with Crippen molar-refractivity contribution in [2.75, 3.05) is 19.7 Å². The average Bonchev–Trinajstić information content (AvgIpc) is 2.64. The quantitative estimate of drug-likeness (QED) is 0.660. The molecule has 2 aliphatic heterocycles. The third-order valence-electron chi connectivity index (χ3n) is 2.93. The topological polar surface area (TPSA) is 41.6 Å². The monoisotopic (exact) mass is 198 g/mol. The van der Waals surface area contributed by atoms with E-state index in [9.17, 15) is 4.79 Å². The van der Waals surface area contributed by atoms with Gasteiger partial charge in [0.25, 0.3) is 0 Å². The van der Waals surface area contributed by atoms with Crippen LogP contribution in [0.1, 0.15) is 26.2 Å². The van der Waals surface area contributed by atoms with Crippen LogP contribution in [-0.4, -0.2) is 42.8 Å². The fourth-order valence-electron chi connectivity index (χ4n) is 2.11. The molecule has 0 saturated carbocycles. The maximum absolute atomic E-state index is 11.9. The van der Waals surface area contributed by atoms with Gasteiger partial charge < -0.3 is 15.0 Å². The molecule has 2 saturated heterocycles. The molecule has 4 nitrogen and oxygen atoms in total. The summed E-state index contributed by atoms with van der Waals surface area (Å²) in [5.74, 6) is 0.189. The molecule has 0 bridgehead atoms. The van der Waals surface area contributed by atoms with Gasteiger partial charge in [0.1, 0.15) is 6.23 Å². The summed E-state index contributed by atoms with van der Waals surface area (Å²) in [6.45, 7) is 4.49. The lowest BCUT2D eigenvalue weighted by atomic mass is 10.2. The first-order valence-corrected chi connectivity index (χ1v) is 5.44. The van der Waals surface area contributed by atoms with Crippen molar-refractivity contribution >= 4 is 5.91 Å². The van der Waals surface area contributed by atoms with Crippen LogP contribution in [0.5, 0.6) is 0 Å². The summed E-state index contributed by atoms with van der Waals surface area (Å²) >= 11 is 0. The van der Waals surface area contributed by atoms with Crippen molar-refractivity contribution in [1.29, 1.82) is 0 Å². The van der Waals surface area contributed by atoms with Crippen molar-refractivity contribution in [2.24, 2.45) is 0 Å². The number of rotatable bonds is 1. The minimum atomic E-state index is -0.0540.